The number of nitrogens with zero attached hydrogens (tertiary/aromatic N) is 6. The molecule has 7 rings (SSSR count). The molecule has 6 nitrogen and oxygen atoms in total. The van der Waals surface area contributed by atoms with Gasteiger partial charge in [0.25, 0.3) is 0 Å². The second-order valence-electron chi connectivity index (χ2n) is 9.66. The van der Waals surface area contributed by atoms with Crippen LogP contribution in [0.3, 0.4) is 0 Å². The minimum absolute atomic E-state index is 0.768. The molecule has 3 aromatic carbocycles. The van der Waals surface area contributed by atoms with Crippen LogP contribution in [0.2, 0.25) is 0 Å². The van der Waals surface area contributed by atoms with Crippen LogP contribution in [0.25, 0.3) is 11.0 Å². The normalized spacial score (nSPS) is 17.3. The maximum atomic E-state index is 4.99. The van der Waals surface area contributed by atoms with Crippen LogP contribution in [-0.2, 0) is 12.8 Å². The molecule has 0 aliphatic carbocycles. The monoisotopic (exact) mass is 458 g/mol. The fourth-order valence-electron chi connectivity index (χ4n) is 5.24. The van der Waals surface area contributed by atoms with Crippen molar-refractivity contribution in [2.45, 2.75) is 12.8 Å². The molecule has 0 amide bonds. The maximum Gasteiger partial charge on any atom is 0.104 e. The van der Waals surface area contributed by atoms with Gasteiger partial charge in [0.1, 0.15) is 5.69 Å². The van der Waals surface area contributed by atoms with E-state index in [4.69, 9.17) is 15.0 Å². The Labute approximate surface area is 204 Å². The number of fused-ring (bicyclic) bond motifs is 3. The van der Waals surface area contributed by atoms with E-state index in [-0.39, 0.29) is 0 Å². The van der Waals surface area contributed by atoms with Crippen LogP contribution >= 0.6 is 0 Å². The molecule has 0 radical (unpaired) electrons. The summed E-state index contributed by atoms with van der Waals surface area (Å²) in [4.78, 5) is 24.1. The van der Waals surface area contributed by atoms with Crippen LogP contribution in [0.4, 0.5) is 17.1 Å². The van der Waals surface area contributed by atoms with E-state index in [1.54, 1.807) is 0 Å². The van der Waals surface area contributed by atoms with Crippen LogP contribution in [-0.4, -0.2) is 59.5 Å². The number of rotatable bonds is 3. The van der Waals surface area contributed by atoms with E-state index in [0.29, 0.717) is 0 Å². The van der Waals surface area contributed by atoms with Crippen LogP contribution in [0.5, 0.6) is 0 Å². The molecule has 1 aromatic heterocycles. The Hall–Kier alpha value is -3.90. The standard InChI is InChI=1S/C29H26N6/c1-34-10-12-35(13-11-34)22-7-9-24-21(15-22)16-27(31-24)19-6-8-23-20(14-19)17-28(32-23)29-18-30-25-4-2-3-5-26(25)33-29/h2-9,14-15,18H,10-13,16-17H2,1H3. The number of para-hydroxylation sites is 2. The van der Waals surface area contributed by atoms with E-state index in [1.165, 1.54) is 22.4 Å². The minimum atomic E-state index is 0.768. The second-order valence-corrected chi connectivity index (χ2v) is 9.66. The Morgan fingerprint density at radius 1 is 0.714 bits per heavy atom. The topological polar surface area (TPSA) is 57.0 Å². The predicted octanol–water partition coefficient (Wildman–Crippen LogP) is 4.74. The molecule has 6 heteroatoms. The Morgan fingerprint density at radius 3 is 2.29 bits per heavy atom. The molecular formula is C29H26N6. The van der Waals surface area contributed by atoms with Crippen molar-refractivity contribution in [3.05, 3.63) is 89.2 Å². The van der Waals surface area contributed by atoms with Crippen molar-refractivity contribution in [3.63, 3.8) is 0 Å². The van der Waals surface area contributed by atoms with E-state index in [0.717, 1.165) is 78.5 Å². The summed E-state index contributed by atoms with van der Waals surface area (Å²) in [5, 5.41) is 0. The summed E-state index contributed by atoms with van der Waals surface area (Å²) in [6, 6.07) is 21.2. The summed E-state index contributed by atoms with van der Waals surface area (Å²) < 4.78 is 0. The lowest BCUT2D eigenvalue weighted by atomic mass is 9.99. The predicted molar refractivity (Wildman–Crippen MR) is 142 cm³/mol. The quantitative estimate of drug-likeness (QED) is 0.445. The highest BCUT2D eigenvalue weighted by molar-refractivity contribution is 6.09. The highest BCUT2D eigenvalue weighted by Gasteiger charge is 2.23. The second kappa shape index (κ2) is 8.10. The van der Waals surface area contributed by atoms with Gasteiger partial charge in [-0.05, 0) is 66.2 Å². The van der Waals surface area contributed by atoms with Gasteiger partial charge in [-0.2, -0.15) is 0 Å². The molecule has 35 heavy (non-hydrogen) atoms. The fraction of sp³-hybridized carbons (Fsp3) is 0.241. The molecule has 4 aromatic rings. The number of likely N-dealkylation sites (N-methyl/N-ethyl adjacent to an activating group) is 1. The Kier molecular flexibility index (Phi) is 4.74. The van der Waals surface area contributed by atoms with E-state index in [9.17, 15) is 0 Å². The number of anilines is 1. The van der Waals surface area contributed by atoms with Crippen molar-refractivity contribution in [2.75, 3.05) is 38.1 Å². The maximum absolute atomic E-state index is 4.99. The molecular weight excluding hydrogens is 432 g/mol. The van der Waals surface area contributed by atoms with E-state index >= 15 is 0 Å². The highest BCUT2D eigenvalue weighted by atomic mass is 15.2. The van der Waals surface area contributed by atoms with Gasteiger partial charge >= 0.3 is 0 Å². The van der Waals surface area contributed by atoms with Gasteiger partial charge in [-0.1, -0.05) is 18.2 Å². The molecule has 0 N–H and O–H groups in total. The molecule has 1 saturated heterocycles. The van der Waals surface area contributed by atoms with E-state index in [2.05, 4.69) is 58.2 Å². The fourth-order valence-corrected chi connectivity index (χ4v) is 5.24. The third-order valence-corrected chi connectivity index (χ3v) is 7.32. The molecule has 0 bridgehead atoms. The summed E-state index contributed by atoms with van der Waals surface area (Å²) in [5.41, 5.74) is 11.9. The first-order valence-corrected chi connectivity index (χ1v) is 12.3. The van der Waals surface area contributed by atoms with Gasteiger partial charge < -0.3 is 9.80 Å². The molecule has 3 aliphatic heterocycles. The number of piperazine rings is 1. The van der Waals surface area contributed by atoms with Crippen molar-refractivity contribution in [1.29, 1.82) is 0 Å². The van der Waals surface area contributed by atoms with Crippen molar-refractivity contribution < 1.29 is 0 Å². The average Bonchev–Trinajstić information content (AvgIpc) is 3.52. The molecule has 4 heterocycles. The number of aliphatic imine (C=N–C) groups is 2. The van der Waals surface area contributed by atoms with Gasteiger partial charge in [-0.25, -0.2) is 4.98 Å². The van der Waals surface area contributed by atoms with Gasteiger partial charge in [-0.15, -0.1) is 0 Å². The summed E-state index contributed by atoms with van der Waals surface area (Å²) in [6.07, 6.45) is 3.48. The summed E-state index contributed by atoms with van der Waals surface area (Å²) in [5.74, 6) is 0. The molecule has 0 unspecified atom stereocenters. The minimum Gasteiger partial charge on any atom is -0.369 e. The lowest BCUT2D eigenvalue weighted by molar-refractivity contribution is 0.313. The lowest BCUT2D eigenvalue weighted by Crippen LogP contribution is -2.44. The first kappa shape index (κ1) is 20.5. The zero-order valence-electron chi connectivity index (χ0n) is 19.8. The van der Waals surface area contributed by atoms with Crippen LogP contribution in [0.15, 0.2) is 76.8 Å². The molecule has 3 aliphatic rings. The van der Waals surface area contributed by atoms with Crippen molar-refractivity contribution in [1.82, 2.24) is 14.9 Å². The van der Waals surface area contributed by atoms with Gasteiger partial charge in [0.15, 0.2) is 0 Å². The molecule has 172 valence electrons. The number of benzene rings is 3. The Bertz CT molecular complexity index is 1530. The van der Waals surface area contributed by atoms with Crippen molar-refractivity contribution in [2.24, 2.45) is 9.98 Å². The first-order chi connectivity index (χ1) is 17.2. The SMILES string of the molecule is CN1CCN(c2ccc3c(c2)CC(c2ccc4c(c2)CC(c2cnc5ccccc5n2)=N4)=N3)CC1. The average molecular weight is 459 g/mol. The molecule has 1 fully saturated rings. The number of hydrogen-bond acceptors (Lipinski definition) is 6. The van der Waals surface area contributed by atoms with Gasteiger partial charge in [0, 0.05) is 44.7 Å². The molecule has 0 spiro atoms. The Balaban J connectivity index is 1.10. The van der Waals surface area contributed by atoms with Crippen LogP contribution < -0.4 is 4.90 Å². The van der Waals surface area contributed by atoms with Gasteiger partial charge in [0.05, 0.1) is 40.0 Å². The summed E-state index contributed by atoms with van der Waals surface area (Å²) >= 11 is 0. The highest BCUT2D eigenvalue weighted by Crippen LogP contribution is 2.35. The largest absolute Gasteiger partial charge is 0.369 e. The van der Waals surface area contributed by atoms with E-state index < -0.39 is 0 Å². The molecule has 0 saturated carbocycles. The summed E-state index contributed by atoms with van der Waals surface area (Å²) in [6.45, 7) is 4.39. The first-order valence-electron chi connectivity index (χ1n) is 12.3. The van der Waals surface area contributed by atoms with E-state index in [1.807, 2.05) is 30.5 Å². The third-order valence-electron chi connectivity index (χ3n) is 7.32. The lowest BCUT2D eigenvalue weighted by Gasteiger charge is -2.34. The van der Waals surface area contributed by atoms with Crippen molar-refractivity contribution >= 4 is 39.5 Å². The zero-order valence-corrected chi connectivity index (χ0v) is 19.8. The smallest absolute Gasteiger partial charge is 0.104 e. The zero-order chi connectivity index (χ0) is 23.4. The number of aromatic nitrogens is 2. The van der Waals surface area contributed by atoms with Gasteiger partial charge in [0.2, 0.25) is 0 Å². The van der Waals surface area contributed by atoms with Gasteiger partial charge in [-0.3, -0.25) is 15.0 Å². The Morgan fingerprint density at radius 2 is 1.43 bits per heavy atom. The van der Waals surface area contributed by atoms with Crippen molar-refractivity contribution in [3.8, 4) is 0 Å². The summed E-state index contributed by atoms with van der Waals surface area (Å²) in [7, 11) is 2.19. The molecule has 0 atom stereocenters. The number of hydrogen-bond donors (Lipinski definition) is 0. The third kappa shape index (κ3) is 3.70. The van der Waals surface area contributed by atoms with Crippen LogP contribution in [0, 0.1) is 0 Å². The van der Waals surface area contributed by atoms with Crippen LogP contribution in [0.1, 0.15) is 22.4 Å².